The molecule has 28 heavy (non-hydrogen) atoms. The van der Waals surface area contributed by atoms with Gasteiger partial charge in [-0.15, -0.1) is 0 Å². The van der Waals surface area contributed by atoms with Crippen LogP contribution < -0.4 is 14.8 Å². The van der Waals surface area contributed by atoms with E-state index in [4.69, 9.17) is 4.74 Å². The van der Waals surface area contributed by atoms with Gasteiger partial charge >= 0.3 is 0 Å². The number of para-hydroxylation sites is 2. The summed E-state index contributed by atoms with van der Waals surface area (Å²) in [5.74, 6) is 0.150. The number of sulfonamides is 1. The second kappa shape index (κ2) is 8.45. The Morgan fingerprint density at radius 2 is 1.68 bits per heavy atom. The topological polar surface area (TPSA) is 84.5 Å². The third-order valence-electron chi connectivity index (χ3n) is 3.86. The van der Waals surface area contributed by atoms with Gasteiger partial charge < -0.3 is 10.1 Å². The molecule has 144 valence electrons. The monoisotopic (exact) mass is 460 g/mol. The predicted octanol–water partition coefficient (Wildman–Crippen LogP) is 4.51. The van der Waals surface area contributed by atoms with E-state index in [1.54, 1.807) is 54.6 Å². The molecule has 3 aromatic carbocycles. The van der Waals surface area contributed by atoms with Crippen molar-refractivity contribution in [2.24, 2.45) is 0 Å². The van der Waals surface area contributed by atoms with Crippen molar-refractivity contribution in [1.82, 2.24) is 0 Å². The molecule has 0 spiro atoms. The summed E-state index contributed by atoms with van der Waals surface area (Å²) in [5, 5.41) is 2.76. The summed E-state index contributed by atoms with van der Waals surface area (Å²) < 4.78 is 33.5. The molecule has 0 aromatic heterocycles. The molecule has 1 amide bonds. The first-order chi connectivity index (χ1) is 13.4. The molecule has 0 saturated carbocycles. The minimum absolute atomic E-state index is 0.125. The molecule has 0 fully saturated rings. The third kappa shape index (κ3) is 4.71. The van der Waals surface area contributed by atoms with Crippen LogP contribution in [-0.4, -0.2) is 21.4 Å². The molecule has 0 atom stereocenters. The Morgan fingerprint density at radius 3 is 2.39 bits per heavy atom. The summed E-state index contributed by atoms with van der Waals surface area (Å²) >= 11 is 3.27. The van der Waals surface area contributed by atoms with Gasteiger partial charge in [-0.1, -0.05) is 34.1 Å². The number of halogens is 1. The van der Waals surface area contributed by atoms with Gasteiger partial charge in [0.15, 0.2) is 0 Å². The second-order valence-electron chi connectivity index (χ2n) is 5.79. The standard InChI is InChI=1S/C20H17BrN2O4S/c1-27-19-8-3-2-7-18(19)22-20(24)14-5-4-6-16(13-14)23-28(25,26)17-11-9-15(21)10-12-17/h2-13,23H,1H3,(H,22,24). The molecule has 0 heterocycles. The summed E-state index contributed by atoms with van der Waals surface area (Å²) in [7, 11) is -2.25. The number of hydrogen-bond acceptors (Lipinski definition) is 4. The van der Waals surface area contributed by atoms with E-state index in [-0.39, 0.29) is 16.5 Å². The number of carbonyl (C=O) groups is 1. The van der Waals surface area contributed by atoms with Gasteiger partial charge in [-0.05, 0) is 54.6 Å². The van der Waals surface area contributed by atoms with E-state index in [1.807, 2.05) is 0 Å². The van der Waals surface area contributed by atoms with Gasteiger partial charge in [0.1, 0.15) is 5.75 Å². The Bertz CT molecular complexity index is 1100. The number of amides is 1. The van der Waals surface area contributed by atoms with Crippen molar-refractivity contribution in [2.75, 3.05) is 17.1 Å². The zero-order chi connectivity index (χ0) is 20.1. The fourth-order valence-electron chi connectivity index (χ4n) is 2.49. The van der Waals surface area contributed by atoms with Crippen molar-refractivity contribution >= 4 is 43.2 Å². The summed E-state index contributed by atoms with van der Waals surface area (Å²) in [4.78, 5) is 12.7. The van der Waals surface area contributed by atoms with Crippen LogP contribution in [0.3, 0.4) is 0 Å². The number of hydrogen-bond donors (Lipinski definition) is 2. The molecule has 8 heteroatoms. The summed E-state index contributed by atoms with van der Waals surface area (Å²) in [6.07, 6.45) is 0. The van der Waals surface area contributed by atoms with Crippen molar-refractivity contribution in [3.63, 3.8) is 0 Å². The molecule has 0 saturated heterocycles. The van der Waals surface area contributed by atoms with Gasteiger partial charge in [0.05, 0.1) is 17.7 Å². The van der Waals surface area contributed by atoms with E-state index in [9.17, 15) is 13.2 Å². The first kappa shape index (κ1) is 19.9. The highest BCUT2D eigenvalue weighted by Crippen LogP contribution is 2.24. The highest BCUT2D eigenvalue weighted by Gasteiger charge is 2.15. The maximum atomic E-state index is 12.6. The minimum atomic E-state index is -3.76. The molecular weight excluding hydrogens is 444 g/mol. The van der Waals surface area contributed by atoms with Gasteiger partial charge in [-0.2, -0.15) is 0 Å². The normalized spacial score (nSPS) is 10.9. The van der Waals surface area contributed by atoms with Gasteiger partial charge in [-0.25, -0.2) is 8.42 Å². The van der Waals surface area contributed by atoms with Crippen LogP contribution in [0, 0.1) is 0 Å². The molecule has 2 N–H and O–H groups in total. The van der Waals surface area contributed by atoms with Crippen molar-refractivity contribution in [2.45, 2.75) is 4.90 Å². The summed E-state index contributed by atoms with van der Waals surface area (Å²) in [6.45, 7) is 0. The van der Waals surface area contributed by atoms with Gasteiger partial charge in [0.25, 0.3) is 15.9 Å². The number of anilines is 2. The lowest BCUT2D eigenvalue weighted by atomic mass is 10.2. The summed E-state index contributed by atoms with van der Waals surface area (Å²) in [5.41, 5.74) is 1.12. The van der Waals surface area contributed by atoms with Crippen LogP contribution >= 0.6 is 15.9 Å². The van der Waals surface area contributed by atoms with Crippen molar-refractivity contribution in [1.29, 1.82) is 0 Å². The molecule has 0 aliphatic rings. The molecule has 3 aromatic rings. The molecule has 3 rings (SSSR count). The predicted molar refractivity (Wildman–Crippen MR) is 112 cm³/mol. The average molecular weight is 461 g/mol. The Hall–Kier alpha value is -2.84. The van der Waals surface area contributed by atoms with Crippen molar-refractivity contribution < 1.29 is 17.9 Å². The Kier molecular flexibility index (Phi) is 6.01. The SMILES string of the molecule is COc1ccccc1NC(=O)c1cccc(NS(=O)(=O)c2ccc(Br)cc2)c1. The highest BCUT2D eigenvalue weighted by molar-refractivity contribution is 9.10. The van der Waals surface area contributed by atoms with E-state index in [0.717, 1.165) is 4.47 Å². The van der Waals surface area contributed by atoms with E-state index in [0.29, 0.717) is 17.0 Å². The molecule has 0 unspecified atom stereocenters. The average Bonchev–Trinajstić information content (AvgIpc) is 2.68. The molecule has 0 radical (unpaired) electrons. The van der Waals surface area contributed by atoms with Gasteiger partial charge in [0, 0.05) is 15.7 Å². The number of methoxy groups -OCH3 is 1. The maximum Gasteiger partial charge on any atom is 0.261 e. The fraction of sp³-hybridized carbons (Fsp3) is 0.0500. The van der Waals surface area contributed by atoms with Crippen LogP contribution in [0.15, 0.2) is 82.2 Å². The zero-order valence-corrected chi connectivity index (χ0v) is 17.2. The Labute approximate surface area is 171 Å². The maximum absolute atomic E-state index is 12.6. The largest absolute Gasteiger partial charge is 0.495 e. The van der Waals surface area contributed by atoms with E-state index < -0.39 is 10.0 Å². The Balaban J connectivity index is 1.80. The lowest BCUT2D eigenvalue weighted by Gasteiger charge is -2.11. The van der Waals surface area contributed by atoms with Crippen LogP contribution in [-0.2, 0) is 10.0 Å². The van der Waals surface area contributed by atoms with Crippen LogP contribution in [0.2, 0.25) is 0 Å². The van der Waals surface area contributed by atoms with Crippen LogP contribution in [0.25, 0.3) is 0 Å². The highest BCUT2D eigenvalue weighted by atomic mass is 79.9. The number of nitrogens with one attached hydrogen (secondary N) is 2. The van der Waals surface area contributed by atoms with Crippen LogP contribution in [0.1, 0.15) is 10.4 Å². The second-order valence-corrected chi connectivity index (χ2v) is 8.39. The van der Waals surface area contributed by atoms with Gasteiger partial charge in [0.2, 0.25) is 0 Å². The number of rotatable bonds is 6. The van der Waals surface area contributed by atoms with Gasteiger partial charge in [-0.3, -0.25) is 9.52 Å². The van der Waals surface area contributed by atoms with Crippen LogP contribution in [0.4, 0.5) is 11.4 Å². The first-order valence-electron chi connectivity index (χ1n) is 8.22. The fourth-order valence-corrected chi connectivity index (χ4v) is 3.81. The number of carbonyl (C=O) groups excluding carboxylic acids is 1. The number of benzene rings is 3. The molecule has 0 aliphatic heterocycles. The zero-order valence-electron chi connectivity index (χ0n) is 14.8. The Morgan fingerprint density at radius 1 is 0.964 bits per heavy atom. The van der Waals surface area contributed by atoms with Crippen LogP contribution in [0.5, 0.6) is 5.75 Å². The molecule has 0 aliphatic carbocycles. The lowest BCUT2D eigenvalue weighted by molar-refractivity contribution is 0.102. The van der Waals surface area contributed by atoms with Crippen molar-refractivity contribution in [3.8, 4) is 5.75 Å². The molecule has 0 bridgehead atoms. The molecule has 6 nitrogen and oxygen atoms in total. The minimum Gasteiger partial charge on any atom is -0.495 e. The van der Waals surface area contributed by atoms with E-state index in [1.165, 1.54) is 25.3 Å². The van der Waals surface area contributed by atoms with E-state index >= 15 is 0 Å². The molecular formula is C20H17BrN2O4S. The van der Waals surface area contributed by atoms with Crippen molar-refractivity contribution in [3.05, 3.63) is 82.8 Å². The smallest absolute Gasteiger partial charge is 0.261 e. The van der Waals surface area contributed by atoms with E-state index in [2.05, 4.69) is 26.0 Å². The lowest BCUT2D eigenvalue weighted by Crippen LogP contribution is -2.15. The first-order valence-corrected chi connectivity index (χ1v) is 10.5. The number of ether oxygens (including phenoxy) is 1. The quantitative estimate of drug-likeness (QED) is 0.566. The summed E-state index contributed by atoms with van der Waals surface area (Å²) in [6, 6.07) is 19.6. The third-order valence-corrected chi connectivity index (χ3v) is 5.78.